The van der Waals surface area contributed by atoms with Crippen LogP contribution in [0.1, 0.15) is 120 Å². The molecule has 13 N–H and O–H groups in total. The van der Waals surface area contributed by atoms with Gasteiger partial charge < -0.3 is 80.9 Å². The van der Waals surface area contributed by atoms with Gasteiger partial charge in [-0.05, 0) is 147 Å². The monoisotopic (exact) mass is 1290 g/mol. The van der Waals surface area contributed by atoms with Crippen LogP contribution in [0, 0.1) is 23.2 Å². The molecule has 5 fully saturated rings. The molecule has 6 aromatic rings. The van der Waals surface area contributed by atoms with Crippen LogP contribution in [0.3, 0.4) is 0 Å². The molecule has 4 aliphatic carbocycles. The van der Waals surface area contributed by atoms with Gasteiger partial charge in [-0.25, -0.2) is 19.6 Å². The van der Waals surface area contributed by atoms with Crippen molar-refractivity contribution in [3.63, 3.8) is 0 Å². The third-order valence-corrected chi connectivity index (χ3v) is 20.0. The minimum absolute atomic E-state index is 0.0102. The number of rotatable bonds is 27. The summed E-state index contributed by atoms with van der Waals surface area (Å²) in [5, 5.41) is 105. The number of nitrogens with one attached hydrogen (secondary N) is 2. The number of benzene rings is 3. The van der Waals surface area contributed by atoms with Gasteiger partial charge in [-0.3, -0.25) is 19.6 Å². The van der Waals surface area contributed by atoms with Gasteiger partial charge >= 0.3 is 17.9 Å². The fraction of sp³-hybridized carbons (Fsp3) is 0.530. The minimum atomic E-state index is -1.96. The number of amides is 1. The van der Waals surface area contributed by atoms with Crippen LogP contribution in [0.5, 0.6) is 5.75 Å². The fourth-order valence-corrected chi connectivity index (χ4v) is 16.8. The molecule has 25 nitrogen and oxygen atoms in total. The van der Waals surface area contributed by atoms with Gasteiger partial charge in [0.25, 0.3) is 5.91 Å². The van der Waals surface area contributed by atoms with Crippen LogP contribution in [0.15, 0.2) is 79.0 Å². The quantitative estimate of drug-likeness (QED) is 0.0253. The predicted molar refractivity (Wildman–Crippen MR) is 336 cm³/mol. The van der Waals surface area contributed by atoms with E-state index in [1.54, 1.807) is 36.5 Å². The number of carbonyl (C=O) groups is 4. The number of aryl methyl sites for hydroxylation is 1. The number of anilines is 2. The summed E-state index contributed by atoms with van der Waals surface area (Å²) in [5.74, 6) is -3.48. The van der Waals surface area contributed by atoms with E-state index in [-0.39, 0.29) is 52.3 Å². The van der Waals surface area contributed by atoms with Crippen molar-refractivity contribution in [2.75, 3.05) is 43.1 Å². The van der Waals surface area contributed by atoms with Gasteiger partial charge in [0.05, 0.1) is 41.3 Å². The van der Waals surface area contributed by atoms with E-state index in [4.69, 9.17) is 34.8 Å². The number of nitrogens with two attached hydrogens (primary N) is 1. The number of aliphatic hydroxyl groups is 7. The Bertz CT molecular complexity index is 3640. The van der Waals surface area contributed by atoms with Gasteiger partial charge in [0, 0.05) is 60.5 Å². The lowest BCUT2D eigenvalue weighted by molar-refractivity contribution is -0.271. The number of pyridine rings is 1. The number of esters is 1. The van der Waals surface area contributed by atoms with Crippen molar-refractivity contribution in [3.05, 3.63) is 118 Å². The standard InChI is InChI=1S/C66H82N8O17S/c1-36-42(40-16-17-50(71-51(40)58(83)84)73-21-18-38-10-8-11-41(43(38)26-73)57(82)72-62-70-44-12-4-5-13-49(44)92-62)25-69-74(36)35-65-30-63(2)29-64(3,31-65)33-66(32-63,34-65)89-22-20-68-45(24-46(76)52(78)47(77)27-75)60(87)88-28-39-15-14-37(9-6-7-19-67)23-48(39)90-61-55(81)53(79)54(80)56(91-61)59(85)86/h4-5,8,10-17,23,25,45-47,52-56,61,68,75-81H,6-7,9,18-22,24,26-35,67H2,1-3H3,(H,83,84)(H,85,86)(H,70,72,82)/t45?,46-,47-,52+,53+,54?,55-,56+,61-,63?,64?,65?,66?/m1/s1. The molecule has 1 amide bonds. The summed E-state index contributed by atoms with van der Waals surface area (Å²) in [4.78, 5) is 64.4. The van der Waals surface area contributed by atoms with Crippen LogP contribution in [-0.4, -0.2) is 183 Å². The molecule has 4 saturated carbocycles. The molecular formula is C66H82N8O17S. The lowest BCUT2D eigenvalue weighted by Crippen LogP contribution is -2.64. The molecule has 3 aromatic heterocycles. The lowest BCUT2D eigenvalue weighted by Gasteiger charge is -2.69. The van der Waals surface area contributed by atoms with Crippen molar-refractivity contribution in [2.24, 2.45) is 22.0 Å². The largest absolute Gasteiger partial charge is 0.479 e. The van der Waals surface area contributed by atoms with Gasteiger partial charge in [0.1, 0.15) is 54.7 Å². The Kier molecular flexibility index (Phi) is 19.6. The predicted octanol–water partition coefficient (Wildman–Crippen LogP) is 4.23. The highest BCUT2D eigenvalue weighted by molar-refractivity contribution is 7.22. The van der Waals surface area contributed by atoms with Crippen molar-refractivity contribution in [1.82, 2.24) is 25.1 Å². The maximum atomic E-state index is 14.2. The molecule has 1 saturated heterocycles. The topological polar surface area (TPSA) is 384 Å². The number of carbonyl (C=O) groups excluding carboxylic acids is 2. The second-order valence-corrected chi connectivity index (χ2v) is 27.7. The van der Waals surface area contributed by atoms with Crippen LogP contribution < -0.4 is 26.0 Å². The first kappa shape index (κ1) is 66.4. The second kappa shape index (κ2) is 27.1. The van der Waals surface area contributed by atoms with Gasteiger partial charge in [0.15, 0.2) is 16.9 Å². The van der Waals surface area contributed by atoms with Gasteiger partial charge in [-0.1, -0.05) is 61.6 Å². The third-order valence-electron chi connectivity index (χ3n) is 19.1. The van der Waals surface area contributed by atoms with Crippen LogP contribution in [0.25, 0.3) is 21.3 Å². The fourth-order valence-electron chi connectivity index (χ4n) is 15.9. The van der Waals surface area contributed by atoms with Crippen molar-refractivity contribution < 1.29 is 84.1 Å². The van der Waals surface area contributed by atoms with Crippen molar-refractivity contribution in [1.29, 1.82) is 0 Å². The highest BCUT2D eigenvalue weighted by Crippen LogP contribution is 2.72. The summed E-state index contributed by atoms with van der Waals surface area (Å²) < 4.78 is 27.1. The normalized spacial score (nSPS) is 27.1. The number of aliphatic carboxylic acids is 1. The van der Waals surface area contributed by atoms with Crippen LogP contribution in [-0.2, 0) is 56.3 Å². The van der Waals surface area contributed by atoms with E-state index in [0.717, 1.165) is 64.7 Å². The molecule has 0 radical (unpaired) electrons. The molecule has 494 valence electrons. The van der Waals surface area contributed by atoms with E-state index in [1.807, 2.05) is 59.0 Å². The molecule has 11 atom stereocenters. The summed E-state index contributed by atoms with van der Waals surface area (Å²) in [6.07, 6.45) is -5.87. The number of carboxylic acids is 2. The number of fused-ring (bicyclic) bond motifs is 2. The van der Waals surface area contributed by atoms with E-state index in [2.05, 4.69) is 29.5 Å². The van der Waals surface area contributed by atoms with E-state index in [9.17, 15) is 65.1 Å². The summed E-state index contributed by atoms with van der Waals surface area (Å²) >= 11 is 1.40. The number of thiazole rings is 1. The number of aromatic nitrogens is 4. The first-order chi connectivity index (χ1) is 43.9. The highest BCUT2D eigenvalue weighted by atomic mass is 32.1. The SMILES string of the molecule is Cc1c(-c2ccc(N3CCc4cccc(C(=O)Nc5nc6ccccc6s5)c4C3)nc2C(=O)O)cnn1CC12CC3(C)CC(C)(C1)CC(OCCNC(C[C@@H](O)[C@H](O)[C@H](O)CO)C(=O)OCc1ccc(CCCCN)cc1O[C@@H]1O[C@H](C(=O)O)C(O)[C@H](O)[C@H]1O)(C3)C2. The summed E-state index contributed by atoms with van der Waals surface area (Å²) in [6.45, 7) is 7.31. The number of ether oxygens (including phenoxy) is 4. The Morgan fingerprint density at radius 2 is 1.64 bits per heavy atom. The molecule has 3 aromatic carbocycles. The Balaban J connectivity index is 0.767. The number of para-hydroxylation sites is 1. The first-order valence-electron chi connectivity index (χ1n) is 31.3. The maximum absolute atomic E-state index is 14.2. The zero-order valence-electron chi connectivity index (χ0n) is 51.6. The van der Waals surface area contributed by atoms with Crippen LogP contribution >= 0.6 is 11.3 Å². The smallest absolute Gasteiger partial charge is 0.355 e. The maximum Gasteiger partial charge on any atom is 0.355 e. The first-order valence-corrected chi connectivity index (χ1v) is 32.1. The number of hydrogen-bond donors (Lipinski definition) is 12. The Morgan fingerprint density at radius 1 is 0.870 bits per heavy atom. The van der Waals surface area contributed by atoms with E-state index in [0.29, 0.717) is 85.9 Å². The summed E-state index contributed by atoms with van der Waals surface area (Å²) in [7, 11) is 0. The zero-order chi connectivity index (χ0) is 65.4. The van der Waals surface area contributed by atoms with Crippen molar-refractivity contribution in [2.45, 2.75) is 172 Å². The molecule has 12 rings (SSSR count). The van der Waals surface area contributed by atoms with E-state index < -0.39 is 98.2 Å². The molecule has 2 aliphatic heterocycles. The number of hydrogen-bond acceptors (Lipinski definition) is 22. The van der Waals surface area contributed by atoms with E-state index >= 15 is 0 Å². The van der Waals surface area contributed by atoms with Crippen LogP contribution in [0.2, 0.25) is 0 Å². The van der Waals surface area contributed by atoms with Crippen molar-refractivity contribution >= 4 is 56.3 Å². The average molecular weight is 1290 g/mol. The zero-order valence-corrected chi connectivity index (χ0v) is 52.5. The Labute approximate surface area is 535 Å². The number of carboxylic acid groups (broad SMARTS) is 2. The molecule has 5 heterocycles. The number of aliphatic hydroxyl groups excluding tert-OH is 7. The van der Waals surface area contributed by atoms with Gasteiger partial charge in [-0.15, -0.1) is 0 Å². The van der Waals surface area contributed by atoms with Gasteiger partial charge in [0.2, 0.25) is 6.29 Å². The average Bonchev–Trinajstić information content (AvgIpc) is 0.715. The molecule has 4 unspecified atom stereocenters. The lowest BCUT2D eigenvalue weighted by atomic mass is 9.39. The molecule has 0 spiro atoms. The number of unbranched alkanes of at least 4 members (excludes halogenated alkanes) is 1. The molecule has 4 bridgehead atoms. The second-order valence-electron chi connectivity index (χ2n) is 26.6. The Morgan fingerprint density at radius 3 is 2.37 bits per heavy atom. The third kappa shape index (κ3) is 14.1. The minimum Gasteiger partial charge on any atom is -0.479 e. The summed E-state index contributed by atoms with van der Waals surface area (Å²) in [5.41, 5.74) is 10.6. The van der Waals surface area contributed by atoms with Crippen molar-refractivity contribution in [3.8, 4) is 16.9 Å². The molecule has 92 heavy (non-hydrogen) atoms. The molecule has 26 heteroatoms. The molecular weight excluding hydrogens is 1210 g/mol. The summed E-state index contributed by atoms with van der Waals surface area (Å²) in [6, 6.07) is 20.6. The highest BCUT2D eigenvalue weighted by Gasteiger charge is 2.66. The Hall–Kier alpha value is -7.05. The van der Waals surface area contributed by atoms with Gasteiger partial charge in [-0.2, -0.15) is 5.10 Å². The molecule has 6 aliphatic rings. The number of aromatic carboxylic acids is 1. The van der Waals surface area contributed by atoms with Crippen LogP contribution in [0.4, 0.5) is 10.9 Å². The van der Waals surface area contributed by atoms with E-state index in [1.165, 1.54) is 11.3 Å². The number of nitrogens with zero attached hydrogens (tertiary/aromatic N) is 5.